The lowest BCUT2D eigenvalue weighted by Gasteiger charge is -2.29. The molecule has 0 saturated carbocycles. The summed E-state index contributed by atoms with van der Waals surface area (Å²) < 4.78 is 8.94. The third-order valence-corrected chi connectivity index (χ3v) is 10.9. The number of rotatable bonds is 7. The highest BCUT2D eigenvalue weighted by Crippen LogP contribution is 2.43. The second-order valence-electron chi connectivity index (χ2n) is 14.2. The summed E-state index contributed by atoms with van der Waals surface area (Å²) in [6, 6.07) is 75.6. The van der Waals surface area contributed by atoms with Gasteiger partial charge in [-0.05, 0) is 108 Å². The van der Waals surface area contributed by atoms with E-state index >= 15 is 0 Å². The van der Waals surface area contributed by atoms with E-state index in [9.17, 15) is 0 Å². The molecule has 0 amide bonds. The van der Waals surface area contributed by atoms with Crippen LogP contribution in [0.3, 0.4) is 0 Å². The summed E-state index contributed by atoms with van der Waals surface area (Å²) in [5, 5.41) is 7.07. The maximum absolute atomic E-state index is 6.56. The highest BCUT2D eigenvalue weighted by molar-refractivity contribution is 6.12. The van der Waals surface area contributed by atoms with Crippen LogP contribution in [-0.2, 0) is 0 Å². The quantitative estimate of drug-likeness (QED) is 0.164. The zero-order valence-corrected chi connectivity index (χ0v) is 30.5. The molecule has 0 saturated heterocycles. The van der Waals surface area contributed by atoms with Gasteiger partial charge in [-0.3, -0.25) is 0 Å². The van der Waals surface area contributed by atoms with Crippen LogP contribution in [0.4, 0.5) is 34.1 Å². The molecule has 2 heterocycles. The number of hydrogen-bond acceptors (Lipinski definition) is 3. The zero-order chi connectivity index (χ0) is 37.0. The van der Waals surface area contributed by atoms with Gasteiger partial charge in [0, 0.05) is 67.4 Å². The smallest absolute Gasteiger partial charge is 0.137 e. The van der Waals surface area contributed by atoms with Crippen molar-refractivity contribution in [3.8, 4) is 5.69 Å². The lowest BCUT2D eigenvalue weighted by Crippen LogP contribution is -2.13. The number of furan rings is 1. The fraction of sp³-hybridized carbons (Fsp3) is 0. The van der Waals surface area contributed by atoms with Gasteiger partial charge in [0.2, 0.25) is 0 Å². The number of benzene rings is 9. The van der Waals surface area contributed by atoms with Crippen LogP contribution in [0, 0.1) is 0 Å². The van der Waals surface area contributed by atoms with Gasteiger partial charge in [-0.25, -0.2) is 0 Å². The first-order valence-corrected chi connectivity index (χ1v) is 19.0. The van der Waals surface area contributed by atoms with Crippen LogP contribution in [0.2, 0.25) is 0 Å². The highest BCUT2D eigenvalue weighted by atomic mass is 16.3. The second kappa shape index (κ2) is 13.1. The minimum absolute atomic E-state index is 0.859. The van der Waals surface area contributed by atoms with Crippen molar-refractivity contribution in [2.24, 2.45) is 0 Å². The number of aromatic nitrogens is 1. The fourth-order valence-corrected chi connectivity index (χ4v) is 8.36. The van der Waals surface area contributed by atoms with Crippen LogP contribution < -0.4 is 9.80 Å². The van der Waals surface area contributed by atoms with E-state index in [-0.39, 0.29) is 0 Å². The van der Waals surface area contributed by atoms with E-state index in [0.717, 1.165) is 67.3 Å². The molecular weight excluding hydrogens is 683 g/mol. The van der Waals surface area contributed by atoms with Crippen molar-refractivity contribution >= 4 is 88.6 Å². The average molecular weight is 718 g/mol. The molecule has 4 heteroatoms. The van der Waals surface area contributed by atoms with Crippen LogP contribution in [0.25, 0.3) is 60.2 Å². The molecule has 4 nitrogen and oxygen atoms in total. The topological polar surface area (TPSA) is 24.6 Å². The van der Waals surface area contributed by atoms with Crippen LogP contribution in [0.5, 0.6) is 0 Å². The van der Waals surface area contributed by atoms with Crippen molar-refractivity contribution in [1.29, 1.82) is 0 Å². The molecule has 0 bridgehead atoms. The lowest BCUT2D eigenvalue weighted by atomic mass is 10.1. The molecule has 0 fully saturated rings. The summed E-state index contributed by atoms with van der Waals surface area (Å²) in [7, 11) is 0. The van der Waals surface area contributed by atoms with Crippen molar-refractivity contribution in [1.82, 2.24) is 4.57 Å². The Bertz CT molecular complexity index is 3200. The summed E-state index contributed by atoms with van der Waals surface area (Å²) in [4.78, 5) is 4.67. The first-order valence-electron chi connectivity index (χ1n) is 19.0. The van der Waals surface area contributed by atoms with Crippen molar-refractivity contribution in [3.63, 3.8) is 0 Å². The molecule has 11 aromatic rings. The molecule has 0 unspecified atom stereocenters. The molecule has 0 N–H and O–H groups in total. The van der Waals surface area contributed by atoms with Gasteiger partial charge in [0.25, 0.3) is 0 Å². The van der Waals surface area contributed by atoms with Crippen LogP contribution in [0.1, 0.15) is 0 Å². The number of fused-ring (bicyclic) bond motifs is 7. The van der Waals surface area contributed by atoms with Crippen LogP contribution in [0.15, 0.2) is 217 Å². The summed E-state index contributed by atoms with van der Waals surface area (Å²) in [6.07, 6.45) is 0. The summed E-state index contributed by atoms with van der Waals surface area (Å²) >= 11 is 0. The maximum atomic E-state index is 6.56. The monoisotopic (exact) mass is 717 g/mol. The molecule has 9 aromatic carbocycles. The predicted octanol–water partition coefficient (Wildman–Crippen LogP) is 14.8. The Labute approximate surface area is 324 Å². The minimum atomic E-state index is 0.859. The Morgan fingerprint density at radius 2 is 0.804 bits per heavy atom. The summed E-state index contributed by atoms with van der Waals surface area (Å²) in [5.74, 6) is 0. The largest absolute Gasteiger partial charge is 0.456 e. The molecule has 0 radical (unpaired) electrons. The minimum Gasteiger partial charge on any atom is -0.456 e. The zero-order valence-electron chi connectivity index (χ0n) is 30.5. The van der Waals surface area contributed by atoms with Crippen LogP contribution in [-0.4, -0.2) is 4.57 Å². The third kappa shape index (κ3) is 5.31. The molecule has 0 spiro atoms. The number of hydrogen-bond donors (Lipinski definition) is 0. The highest BCUT2D eigenvalue weighted by Gasteiger charge is 2.20. The number of anilines is 6. The van der Waals surface area contributed by atoms with Gasteiger partial charge in [0.05, 0.1) is 11.0 Å². The molecule has 0 aliphatic carbocycles. The lowest BCUT2D eigenvalue weighted by molar-refractivity contribution is 0.669. The average Bonchev–Trinajstić information content (AvgIpc) is 3.78. The van der Waals surface area contributed by atoms with E-state index < -0.39 is 0 Å². The SMILES string of the molecule is c1ccc(N(c2cccc(N(c3ccccc3)c3ccc4c5ccccc5n(-c5ccccc5)c4c3)c2)c2ccc3c(c2)oc2cc4ccccc4cc23)cc1. The molecule has 264 valence electrons. The Hall–Kier alpha value is -7.56. The molecule has 0 aliphatic heterocycles. The van der Waals surface area contributed by atoms with E-state index in [1.165, 1.54) is 27.1 Å². The Morgan fingerprint density at radius 3 is 1.50 bits per heavy atom. The Morgan fingerprint density at radius 1 is 0.304 bits per heavy atom. The first-order chi connectivity index (χ1) is 27.8. The van der Waals surface area contributed by atoms with E-state index in [2.05, 4.69) is 227 Å². The second-order valence-corrected chi connectivity index (χ2v) is 14.2. The van der Waals surface area contributed by atoms with Gasteiger partial charge < -0.3 is 18.8 Å². The van der Waals surface area contributed by atoms with E-state index in [4.69, 9.17) is 4.42 Å². The molecule has 56 heavy (non-hydrogen) atoms. The van der Waals surface area contributed by atoms with E-state index in [1.54, 1.807) is 0 Å². The Kier molecular flexibility index (Phi) is 7.46. The van der Waals surface area contributed by atoms with Crippen molar-refractivity contribution in [2.45, 2.75) is 0 Å². The maximum Gasteiger partial charge on any atom is 0.137 e. The molecule has 0 atom stereocenters. The third-order valence-electron chi connectivity index (χ3n) is 10.9. The Balaban J connectivity index is 1.08. The van der Waals surface area contributed by atoms with Crippen molar-refractivity contribution < 1.29 is 4.42 Å². The normalized spacial score (nSPS) is 11.6. The summed E-state index contributed by atoms with van der Waals surface area (Å²) in [5.41, 5.74) is 11.5. The summed E-state index contributed by atoms with van der Waals surface area (Å²) in [6.45, 7) is 0. The van der Waals surface area contributed by atoms with E-state index in [0.29, 0.717) is 0 Å². The number of para-hydroxylation sites is 4. The molecule has 0 aliphatic rings. The van der Waals surface area contributed by atoms with Crippen molar-refractivity contribution in [3.05, 3.63) is 212 Å². The molecular formula is C52H35N3O. The number of nitrogens with zero attached hydrogens (tertiary/aromatic N) is 3. The van der Waals surface area contributed by atoms with Gasteiger partial charge >= 0.3 is 0 Å². The van der Waals surface area contributed by atoms with Gasteiger partial charge in [0.1, 0.15) is 11.2 Å². The van der Waals surface area contributed by atoms with Gasteiger partial charge in [-0.2, -0.15) is 0 Å². The van der Waals surface area contributed by atoms with Gasteiger partial charge in [0.15, 0.2) is 0 Å². The van der Waals surface area contributed by atoms with Crippen molar-refractivity contribution in [2.75, 3.05) is 9.80 Å². The fourth-order valence-electron chi connectivity index (χ4n) is 8.36. The van der Waals surface area contributed by atoms with Gasteiger partial charge in [-0.1, -0.05) is 109 Å². The first kappa shape index (κ1) is 31.9. The predicted molar refractivity (Wildman–Crippen MR) is 235 cm³/mol. The van der Waals surface area contributed by atoms with Crippen LogP contribution >= 0.6 is 0 Å². The molecule has 11 rings (SSSR count). The van der Waals surface area contributed by atoms with Gasteiger partial charge in [-0.15, -0.1) is 0 Å². The standard InChI is InChI=1S/C52H35N3O/c1-4-17-38(18-5-1)53(43-27-29-46-45-25-12-13-26-49(45)55(50(46)34-43)40-21-8-3-9-22-40)41-23-14-24-42(33-41)54(39-19-6-2-7-20-39)44-28-30-47-48-31-36-15-10-11-16-37(36)32-51(48)56-52(47)35-44/h1-35H. The van der Waals surface area contributed by atoms with E-state index in [1.807, 2.05) is 0 Å². The molecule has 2 aromatic heterocycles.